The largest absolute Gasteiger partial charge is 0.462 e. The Labute approximate surface area is 115 Å². The van der Waals surface area contributed by atoms with Gasteiger partial charge in [0.2, 0.25) is 0 Å². The Morgan fingerprint density at radius 1 is 1.05 bits per heavy atom. The second kappa shape index (κ2) is 9.36. The minimum atomic E-state index is -0.383. The molecule has 0 N–H and O–H groups in total. The Morgan fingerprint density at radius 2 is 1.63 bits per heavy atom. The second-order valence-corrected chi connectivity index (χ2v) is 4.65. The van der Waals surface area contributed by atoms with E-state index in [0.29, 0.717) is 30.6 Å². The molecular weight excluding hydrogens is 244 g/mol. The molecular formula is C15H24O4. The number of esters is 2. The molecule has 0 rings (SSSR count). The highest BCUT2D eigenvalue weighted by molar-refractivity contribution is 5.87. The fourth-order valence-corrected chi connectivity index (χ4v) is 1.44. The first-order valence-electron chi connectivity index (χ1n) is 6.57. The Kier molecular flexibility index (Phi) is 8.58. The van der Waals surface area contributed by atoms with Gasteiger partial charge in [0.05, 0.1) is 6.61 Å². The maximum atomic E-state index is 11.4. The second-order valence-electron chi connectivity index (χ2n) is 4.65. The summed E-state index contributed by atoms with van der Waals surface area (Å²) in [5.41, 5.74) is 0.786. The standard InChI is InChI=1S/C15H24O4/c1-6-8-13(19-15(17)12(4)5)9-7-10-18-14(16)11(2)3/h13H,2,4,6-10H2,1,3,5H3. The molecule has 0 aliphatic rings. The molecule has 0 heterocycles. The monoisotopic (exact) mass is 268 g/mol. The third-order valence-electron chi connectivity index (χ3n) is 2.48. The van der Waals surface area contributed by atoms with Crippen molar-refractivity contribution < 1.29 is 19.1 Å². The van der Waals surface area contributed by atoms with Crippen LogP contribution < -0.4 is 0 Å². The Morgan fingerprint density at radius 3 is 2.11 bits per heavy atom. The molecule has 0 aliphatic heterocycles. The smallest absolute Gasteiger partial charge is 0.333 e. The van der Waals surface area contributed by atoms with Crippen molar-refractivity contribution in [1.82, 2.24) is 0 Å². The van der Waals surface area contributed by atoms with Gasteiger partial charge in [0, 0.05) is 11.1 Å². The van der Waals surface area contributed by atoms with Crippen LogP contribution in [0.2, 0.25) is 0 Å². The summed E-state index contributed by atoms with van der Waals surface area (Å²) in [6.45, 7) is 12.6. The number of ether oxygens (including phenoxy) is 2. The summed E-state index contributed by atoms with van der Waals surface area (Å²) in [6.07, 6.45) is 2.93. The van der Waals surface area contributed by atoms with Crippen LogP contribution in [0.4, 0.5) is 0 Å². The van der Waals surface area contributed by atoms with E-state index in [9.17, 15) is 9.59 Å². The first kappa shape index (κ1) is 17.4. The van der Waals surface area contributed by atoms with Crippen molar-refractivity contribution in [3.8, 4) is 0 Å². The van der Waals surface area contributed by atoms with E-state index in [1.165, 1.54) is 0 Å². The highest BCUT2D eigenvalue weighted by Crippen LogP contribution is 2.12. The normalized spacial score (nSPS) is 11.5. The molecule has 0 radical (unpaired) electrons. The van der Waals surface area contributed by atoms with Crippen LogP contribution in [0.3, 0.4) is 0 Å². The van der Waals surface area contributed by atoms with E-state index in [4.69, 9.17) is 9.47 Å². The molecule has 0 aromatic carbocycles. The highest BCUT2D eigenvalue weighted by Gasteiger charge is 2.14. The molecule has 4 nitrogen and oxygen atoms in total. The van der Waals surface area contributed by atoms with Gasteiger partial charge in [0.15, 0.2) is 0 Å². The number of carbonyl (C=O) groups is 2. The van der Waals surface area contributed by atoms with Crippen LogP contribution >= 0.6 is 0 Å². The van der Waals surface area contributed by atoms with Crippen LogP contribution in [0.15, 0.2) is 24.3 Å². The van der Waals surface area contributed by atoms with E-state index >= 15 is 0 Å². The lowest BCUT2D eigenvalue weighted by Gasteiger charge is -2.17. The summed E-state index contributed by atoms with van der Waals surface area (Å²) in [5.74, 6) is -0.747. The molecule has 0 aromatic heterocycles. The van der Waals surface area contributed by atoms with Gasteiger partial charge in [-0.3, -0.25) is 0 Å². The predicted molar refractivity (Wildman–Crippen MR) is 74.6 cm³/mol. The third kappa shape index (κ3) is 8.19. The van der Waals surface area contributed by atoms with Crippen molar-refractivity contribution in [3.05, 3.63) is 24.3 Å². The van der Waals surface area contributed by atoms with Gasteiger partial charge in [0.25, 0.3) is 0 Å². The maximum absolute atomic E-state index is 11.4. The zero-order chi connectivity index (χ0) is 14.8. The lowest BCUT2D eigenvalue weighted by atomic mass is 10.1. The van der Waals surface area contributed by atoms with Gasteiger partial charge in [-0.05, 0) is 33.1 Å². The van der Waals surface area contributed by atoms with Crippen LogP contribution in [0, 0.1) is 0 Å². The van der Waals surface area contributed by atoms with Crippen LogP contribution in [0.5, 0.6) is 0 Å². The van der Waals surface area contributed by atoms with Crippen molar-refractivity contribution >= 4 is 11.9 Å². The summed E-state index contributed by atoms with van der Waals surface area (Å²) >= 11 is 0. The molecule has 108 valence electrons. The van der Waals surface area contributed by atoms with Crippen LogP contribution in [-0.2, 0) is 19.1 Å². The zero-order valence-electron chi connectivity index (χ0n) is 12.2. The quantitative estimate of drug-likeness (QED) is 0.366. The van der Waals surface area contributed by atoms with Crippen molar-refractivity contribution in [3.63, 3.8) is 0 Å². The number of hydrogen-bond acceptors (Lipinski definition) is 4. The summed E-state index contributed by atoms with van der Waals surface area (Å²) in [4.78, 5) is 22.6. The molecule has 0 spiro atoms. The lowest BCUT2D eigenvalue weighted by molar-refractivity contribution is -0.146. The van der Waals surface area contributed by atoms with Gasteiger partial charge in [-0.2, -0.15) is 0 Å². The summed E-state index contributed by atoms with van der Waals surface area (Å²) in [5, 5.41) is 0. The molecule has 1 unspecified atom stereocenters. The molecule has 19 heavy (non-hydrogen) atoms. The predicted octanol–water partition coefficient (Wildman–Crippen LogP) is 3.17. The fraction of sp³-hybridized carbons (Fsp3) is 0.600. The van der Waals surface area contributed by atoms with Crippen molar-refractivity contribution in [1.29, 1.82) is 0 Å². The molecule has 0 fully saturated rings. The number of carbonyl (C=O) groups excluding carboxylic acids is 2. The van der Waals surface area contributed by atoms with E-state index < -0.39 is 0 Å². The first-order valence-corrected chi connectivity index (χ1v) is 6.57. The molecule has 0 bridgehead atoms. The summed E-state index contributed by atoms with van der Waals surface area (Å²) < 4.78 is 10.3. The Hall–Kier alpha value is -1.58. The summed E-state index contributed by atoms with van der Waals surface area (Å²) in [7, 11) is 0. The molecule has 0 aromatic rings. The summed E-state index contributed by atoms with van der Waals surface area (Å²) in [6, 6.07) is 0. The van der Waals surface area contributed by atoms with Crippen LogP contribution in [0.1, 0.15) is 46.5 Å². The van der Waals surface area contributed by atoms with Gasteiger partial charge in [-0.15, -0.1) is 0 Å². The van der Waals surface area contributed by atoms with E-state index in [0.717, 1.165) is 12.8 Å². The van der Waals surface area contributed by atoms with Crippen molar-refractivity contribution in [2.75, 3.05) is 6.61 Å². The molecule has 1 atom stereocenters. The minimum Gasteiger partial charge on any atom is -0.462 e. The average Bonchev–Trinajstić information content (AvgIpc) is 2.33. The molecule has 4 heteroatoms. The van der Waals surface area contributed by atoms with Gasteiger partial charge in [-0.25, -0.2) is 9.59 Å². The lowest BCUT2D eigenvalue weighted by Crippen LogP contribution is -2.19. The van der Waals surface area contributed by atoms with Crippen molar-refractivity contribution in [2.24, 2.45) is 0 Å². The first-order chi connectivity index (χ1) is 8.88. The van der Waals surface area contributed by atoms with Gasteiger partial charge in [-0.1, -0.05) is 26.5 Å². The Bertz CT molecular complexity index is 344. The third-order valence-corrected chi connectivity index (χ3v) is 2.48. The molecule has 0 amide bonds. The van der Waals surface area contributed by atoms with Crippen LogP contribution in [0.25, 0.3) is 0 Å². The van der Waals surface area contributed by atoms with E-state index in [-0.39, 0.29) is 18.0 Å². The van der Waals surface area contributed by atoms with E-state index in [1.54, 1.807) is 13.8 Å². The van der Waals surface area contributed by atoms with Gasteiger partial charge >= 0.3 is 11.9 Å². The molecule has 0 aliphatic carbocycles. The van der Waals surface area contributed by atoms with Gasteiger partial charge in [0.1, 0.15) is 6.10 Å². The minimum absolute atomic E-state index is 0.141. The van der Waals surface area contributed by atoms with Crippen LogP contribution in [-0.4, -0.2) is 24.6 Å². The van der Waals surface area contributed by atoms with Gasteiger partial charge < -0.3 is 9.47 Å². The topological polar surface area (TPSA) is 52.6 Å². The molecule has 0 saturated carbocycles. The van der Waals surface area contributed by atoms with E-state index in [1.807, 2.05) is 6.92 Å². The zero-order valence-corrected chi connectivity index (χ0v) is 12.2. The SMILES string of the molecule is C=C(C)C(=O)OCCCC(CCC)OC(=O)C(=C)C. The number of rotatable bonds is 9. The fourth-order valence-electron chi connectivity index (χ4n) is 1.44. The number of hydrogen-bond donors (Lipinski definition) is 0. The van der Waals surface area contributed by atoms with E-state index in [2.05, 4.69) is 13.2 Å². The average molecular weight is 268 g/mol. The van der Waals surface area contributed by atoms with Crippen molar-refractivity contribution in [2.45, 2.75) is 52.6 Å². The molecule has 0 saturated heterocycles. The maximum Gasteiger partial charge on any atom is 0.333 e. The highest BCUT2D eigenvalue weighted by atomic mass is 16.5. The Balaban J connectivity index is 4.01.